The Labute approximate surface area is 124 Å². The average molecular weight is 260 g/mol. The topological polar surface area (TPSA) is 0 Å². The molecular weight excluding hydrogens is 240 g/mol. The molecule has 4 rings (SSSR count). The fraction of sp³-hybridized carbons (Fsp3) is 0.250. The zero-order valence-corrected chi connectivity index (χ0v) is 11.8. The second-order valence-electron chi connectivity index (χ2n) is 3.66. The van der Waals surface area contributed by atoms with E-state index in [0.717, 1.165) is 0 Å². The van der Waals surface area contributed by atoms with E-state index in [1.807, 2.05) is 64.2 Å². The van der Waals surface area contributed by atoms with Crippen LogP contribution < -0.4 is 0 Å². The molecule has 0 aliphatic heterocycles. The molecule has 0 heterocycles. The van der Waals surface area contributed by atoms with Gasteiger partial charge in [-0.3, -0.25) is 0 Å². The molecule has 0 aromatic heterocycles. The Morgan fingerprint density at radius 3 is 0.588 bits per heavy atom. The molecule has 0 spiro atoms. The van der Waals surface area contributed by atoms with Crippen LogP contribution in [0, 0.1) is 77.0 Å². The van der Waals surface area contributed by atoms with Gasteiger partial charge in [-0.2, -0.15) is 0 Å². The van der Waals surface area contributed by atoms with Crippen molar-refractivity contribution in [3.05, 3.63) is 77.0 Å². The monoisotopic (exact) mass is 260 g/mol. The van der Waals surface area contributed by atoms with Gasteiger partial charge in [0.05, 0.1) is 0 Å². The Hall–Kier alpha value is 0.714. The maximum atomic E-state index is 2.25. The van der Waals surface area contributed by atoms with E-state index in [1.54, 1.807) is 0 Å². The van der Waals surface area contributed by atoms with Gasteiger partial charge in [0, 0.05) is 0 Å². The molecule has 10 radical (unpaired) electrons. The van der Waals surface area contributed by atoms with Gasteiger partial charge in [-0.1, -0.05) is 0 Å². The minimum Gasteiger partial charge on any atom is -0.333 e. The summed E-state index contributed by atoms with van der Waals surface area (Å²) in [5, 5.41) is 0. The molecule has 0 saturated heterocycles. The third-order valence-corrected chi connectivity index (χ3v) is 1.69. The van der Waals surface area contributed by atoms with Crippen molar-refractivity contribution in [2.24, 2.45) is 0 Å². The molecule has 1 heteroatoms. The van der Waals surface area contributed by atoms with E-state index in [-0.39, 0.29) is 21.7 Å². The summed E-state index contributed by atoms with van der Waals surface area (Å²) in [5.41, 5.74) is 0. The molecule has 0 aromatic carbocycles. The van der Waals surface area contributed by atoms with Crippen molar-refractivity contribution in [1.29, 1.82) is 0 Å². The molecule has 0 aromatic rings. The summed E-state index contributed by atoms with van der Waals surface area (Å²) in [6.45, 7) is 0. The minimum absolute atomic E-state index is 0. The van der Waals surface area contributed by atoms with E-state index in [0.29, 0.717) is 0 Å². The predicted octanol–water partition coefficient (Wildman–Crippen LogP) is 4.01. The molecule has 88 valence electrons. The SMILES string of the molecule is [CH-]1CC1.[CH-]1CC1.[CH]1[CH][CH][CH][CH]1.[CH]1[CH][CH][CH][CH]1.[Ti+2]. The van der Waals surface area contributed by atoms with Crippen LogP contribution in [0.4, 0.5) is 0 Å². The van der Waals surface area contributed by atoms with E-state index in [2.05, 4.69) is 12.8 Å². The first-order valence-corrected chi connectivity index (χ1v) is 5.97. The summed E-state index contributed by atoms with van der Waals surface area (Å²) >= 11 is 0. The first kappa shape index (κ1) is 17.7. The molecule has 0 amide bonds. The van der Waals surface area contributed by atoms with Crippen molar-refractivity contribution in [2.45, 2.75) is 25.7 Å². The van der Waals surface area contributed by atoms with Gasteiger partial charge in [0.25, 0.3) is 0 Å². The first-order chi connectivity index (χ1) is 8.00. The molecule has 4 fully saturated rings. The predicted molar refractivity (Wildman–Crippen MR) is 70.1 cm³/mol. The van der Waals surface area contributed by atoms with E-state index >= 15 is 0 Å². The molecule has 0 atom stereocenters. The van der Waals surface area contributed by atoms with Gasteiger partial charge in [0.1, 0.15) is 0 Å². The van der Waals surface area contributed by atoms with Gasteiger partial charge in [0.15, 0.2) is 0 Å². The van der Waals surface area contributed by atoms with Crippen molar-refractivity contribution in [2.75, 3.05) is 0 Å². The quantitative estimate of drug-likeness (QED) is 0.456. The molecule has 17 heavy (non-hydrogen) atoms. The minimum atomic E-state index is 0. The van der Waals surface area contributed by atoms with E-state index in [9.17, 15) is 0 Å². The van der Waals surface area contributed by atoms with Crippen LogP contribution in [0.3, 0.4) is 0 Å². The summed E-state index contributed by atoms with van der Waals surface area (Å²) in [6.07, 6.45) is 30.0. The largest absolute Gasteiger partial charge is 2.00 e. The molecular formula is C16H20Ti. The number of rotatable bonds is 0. The molecule has 4 aliphatic carbocycles. The van der Waals surface area contributed by atoms with Gasteiger partial charge in [-0.15, -0.1) is 0 Å². The summed E-state index contributed by atoms with van der Waals surface area (Å²) in [7, 11) is 0. The molecule has 0 bridgehead atoms. The average Bonchev–Trinajstić information content (AvgIpc) is 3.29. The Bertz CT molecular complexity index is 84.8. The van der Waals surface area contributed by atoms with Crippen molar-refractivity contribution in [1.82, 2.24) is 0 Å². The van der Waals surface area contributed by atoms with Crippen LogP contribution in [-0.4, -0.2) is 0 Å². The van der Waals surface area contributed by atoms with Crippen molar-refractivity contribution >= 4 is 0 Å². The summed E-state index contributed by atoms with van der Waals surface area (Å²) in [5.74, 6) is 0. The number of hydrogen-bond donors (Lipinski definition) is 0. The maximum absolute atomic E-state index is 2.25. The standard InChI is InChI=1S/2C5H5.2C3H5.Ti/c2*1-2-4-5-3-1;2*1-2-3-1;/h2*1-5H;2*1H,2-3H2;/q;;2*-1;+2. The smallest absolute Gasteiger partial charge is 0.333 e. The fourth-order valence-electron chi connectivity index (χ4n) is 0.642. The number of hydrogen-bond acceptors (Lipinski definition) is 0. The van der Waals surface area contributed by atoms with Crippen LogP contribution in [-0.2, 0) is 21.7 Å². The third kappa shape index (κ3) is 22.4. The van der Waals surface area contributed by atoms with Crippen LogP contribution in [0.15, 0.2) is 0 Å². The van der Waals surface area contributed by atoms with Gasteiger partial charge < -0.3 is 12.8 Å². The van der Waals surface area contributed by atoms with Crippen LogP contribution in [0.2, 0.25) is 0 Å². The zero-order chi connectivity index (χ0) is 11.3. The van der Waals surface area contributed by atoms with Crippen LogP contribution in [0.25, 0.3) is 0 Å². The summed E-state index contributed by atoms with van der Waals surface area (Å²) < 4.78 is 0. The molecule has 0 N–H and O–H groups in total. The van der Waals surface area contributed by atoms with Gasteiger partial charge in [-0.25, -0.2) is 25.7 Å². The first-order valence-electron chi connectivity index (χ1n) is 5.97. The third-order valence-electron chi connectivity index (χ3n) is 1.69. The van der Waals surface area contributed by atoms with E-state index < -0.39 is 0 Å². The Balaban J connectivity index is 0.000000202. The van der Waals surface area contributed by atoms with E-state index in [1.165, 1.54) is 25.7 Å². The Morgan fingerprint density at radius 1 is 0.412 bits per heavy atom. The van der Waals surface area contributed by atoms with Crippen molar-refractivity contribution in [3.8, 4) is 0 Å². The molecule has 0 nitrogen and oxygen atoms in total. The van der Waals surface area contributed by atoms with Gasteiger partial charge in [0.2, 0.25) is 0 Å². The molecule has 0 unspecified atom stereocenters. The second kappa shape index (κ2) is 14.8. The molecule has 4 saturated carbocycles. The maximum Gasteiger partial charge on any atom is 2.00 e. The van der Waals surface area contributed by atoms with Crippen LogP contribution in [0.5, 0.6) is 0 Å². The van der Waals surface area contributed by atoms with Crippen molar-refractivity contribution in [3.63, 3.8) is 0 Å². The van der Waals surface area contributed by atoms with E-state index in [4.69, 9.17) is 0 Å². The van der Waals surface area contributed by atoms with Crippen molar-refractivity contribution < 1.29 is 21.7 Å². The Morgan fingerprint density at radius 2 is 0.529 bits per heavy atom. The van der Waals surface area contributed by atoms with Crippen LogP contribution >= 0.6 is 0 Å². The normalized spacial score (nSPS) is 22.6. The molecule has 4 aliphatic rings. The zero-order valence-electron chi connectivity index (χ0n) is 10.3. The van der Waals surface area contributed by atoms with Gasteiger partial charge >= 0.3 is 21.7 Å². The second-order valence-corrected chi connectivity index (χ2v) is 3.66. The van der Waals surface area contributed by atoms with Crippen LogP contribution in [0.1, 0.15) is 25.7 Å². The summed E-state index contributed by atoms with van der Waals surface area (Å²) in [4.78, 5) is 0. The fourth-order valence-corrected chi connectivity index (χ4v) is 0.642. The Kier molecular flexibility index (Phi) is 15.4. The van der Waals surface area contributed by atoms with Gasteiger partial charge in [-0.05, 0) is 64.2 Å². The summed E-state index contributed by atoms with van der Waals surface area (Å²) in [6, 6.07) is 0.